The maximum absolute atomic E-state index is 11.7. The van der Waals surface area contributed by atoms with Crippen LogP contribution < -0.4 is 14.8 Å². The van der Waals surface area contributed by atoms with Crippen molar-refractivity contribution in [2.24, 2.45) is 0 Å². The lowest BCUT2D eigenvalue weighted by Crippen LogP contribution is -2.30. The molecule has 0 aliphatic carbocycles. The van der Waals surface area contributed by atoms with Gasteiger partial charge in [0.05, 0.1) is 14.2 Å². The normalized spacial score (nSPS) is 10.5. The smallest absolute Gasteiger partial charge is 0.331 e. The predicted molar refractivity (Wildman–Crippen MR) is 101 cm³/mol. The molecule has 7 heteroatoms. The second-order valence-corrected chi connectivity index (χ2v) is 6.30. The van der Waals surface area contributed by atoms with E-state index in [2.05, 4.69) is 5.32 Å². The maximum atomic E-state index is 11.7. The van der Waals surface area contributed by atoms with Crippen LogP contribution in [0.3, 0.4) is 0 Å². The summed E-state index contributed by atoms with van der Waals surface area (Å²) in [6.45, 7) is 0.200. The summed E-state index contributed by atoms with van der Waals surface area (Å²) >= 11 is 1.64. The van der Waals surface area contributed by atoms with Crippen molar-refractivity contribution in [3.63, 3.8) is 0 Å². The number of amides is 1. The molecule has 0 saturated carbocycles. The van der Waals surface area contributed by atoms with E-state index < -0.39 is 5.97 Å². The van der Waals surface area contributed by atoms with Crippen LogP contribution in [0, 0.1) is 0 Å². The van der Waals surface area contributed by atoms with Gasteiger partial charge in [-0.15, -0.1) is 11.3 Å². The van der Waals surface area contributed by atoms with Crippen LogP contribution in [0.2, 0.25) is 0 Å². The number of hydrogen-bond donors (Lipinski definition) is 1. The molecule has 2 aromatic rings. The fourth-order valence-corrected chi connectivity index (χ4v) is 2.81. The molecule has 1 aromatic heterocycles. The monoisotopic (exact) mass is 375 g/mol. The maximum Gasteiger partial charge on any atom is 0.331 e. The number of rotatable bonds is 9. The summed E-state index contributed by atoms with van der Waals surface area (Å²) in [5, 5.41) is 4.70. The van der Waals surface area contributed by atoms with Gasteiger partial charge in [-0.2, -0.15) is 0 Å². The standard InChI is InChI=1S/C19H21NO5S/c1-23-15-10-14(11-16(12-15)24-2)5-6-19(22)25-13-18(21)20-8-7-17-4-3-9-26-17/h3-6,9-12H,7-8,13H2,1-2H3,(H,20,21)/b6-5+. The van der Waals surface area contributed by atoms with Gasteiger partial charge in [-0.25, -0.2) is 4.79 Å². The van der Waals surface area contributed by atoms with E-state index in [1.54, 1.807) is 49.8 Å². The zero-order valence-corrected chi connectivity index (χ0v) is 15.5. The average molecular weight is 375 g/mol. The van der Waals surface area contributed by atoms with Crippen LogP contribution in [0.4, 0.5) is 0 Å². The molecule has 1 N–H and O–H groups in total. The summed E-state index contributed by atoms with van der Waals surface area (Å²) in [6, 6.07) is 9.21. The quantitative estimate of drug-likeness (QED) is 0.539. The van der Waals surface area contributed by atoms with Gasteiger partial charge in [-0.3, -0.25) is 4.79 Å². The Bertz CT molecular complexity index is 733. The first-order valence-electron chi connectivity index (χ1n) is 7.97. The first kappa shape index (κ1) is 19.5. The van der Waals surface area contributed by atoms with Crippen LogP contribution in [0.5, 0.6) is 11.5 Å². The topological polar surface area (TPSA) is 73.9 Å². The van der Waals surface area contributed by atoms with Gasteiger partial charge in [-0.05, 0) is 41.6 Å². The van der Waals surface area contributed by atoms with Crippen molar-refractivity contribution in [3.8, 4) is 11.5 Å². The number of benzene rings is 1. The summed E-state index contributed by atoms with van der Waals surface area (Å²) in [5.74, 6) is 0.302. The van der Waals surface area contributed by atoms with Crippen molar-refractivity contribution in [2.75, 3.05) is 27.4 Å². The molecular weight excluding hydrogens is 354 g/mol. The molecule has 26 heavy (non-hydrogen) atoms. The lowest BCUT2D eigenvalue weighted by Gasteiger charge is -2.06. The van der Waals surface area contributed by atoms with Crippen LogP contribution in [0.15, 0.2) is 41.8 Å². The molecule has 138 valence electrons. The van der Waals surface area contributed by atoms with Gasteiger partial charge < -0.3 is 19.5 Å². The first-order chi connectivity index (χ1) is 12.6. The lowest BCUT2D eigenvalue weighted by atomic mass is 10.2. The average Bonchev–Trinajstić information content (AvgIpc) is 3.17. The molecule has 1 amide bonds. The number of nitrogens with one attached hydrogen (secondary N) is 1. The number of carbonyl (C=O) groups excluding carboxylic acids is 2. The molecular formula is C19H21NO5S. The van der Waals surface area contributed by atoms with E-state index in [-0.39, 0.29) is 12.5 Å². The van der Waals surface area contributed by atoms with Crippen molar-refractivity contribution >= 4 is 29.3 Å². The minimum absolute atomic E-state index is 0.310. The molecule has 0 radical (unpaired) electrons. The molecule has 1 aromatic carbocycles. The zero-order chi connectivity index (χ0) is 18.8. The van der Waals surface area contributed by atoms with Gasteiger partial charge in [0.1, 0.15) is 11.5 Å². The van der Waals surface area contributed by atoms with Crippen molar-refractivity contribution in [3.05, 3.63) is 52.2 Å². The van der Waals surface area contributed by atoms with Gasteiger partial charge in [-0.1, -0.05) is 6.07 Å². The van der Waals surface area contributed by atoms with Crippen LogP contribution >= 0.6 is 11.3 Å². The number of carbonyl (C=O) groups is 2. The van der Waals surface area contributed by atoms with Gasteiger partial charge in [0.2, 0.25) is 0 Å². The van der Waals surface area contributed by atoms with E-state index >= 15 is 0 Å². The number of hydrogen-bond acceptors (Lipinski definition) is 6. The Morgan fingerprint density at radius 1 is 1.15 bits per heavy atom. The SMILES string of the molecule is COc1cc(/C=C/C(=O)OCC(=O)NCCc2cccs2)cc(OC)c1. The molecule has 2 rings (SSSR count). The molecule has 0 spiro atoms. The highest BCUT2D eigenvalue weighted by Gasteiger charge is 2.05. The van der Waals surface area contributed by atoms with Crippen molar-refractivity contribution < 1.29 is 23.8 Å². The van der Waals surface area contributed by atoms with Gasteiger partial charge in [0.25, 0.3) is 5.91 Å². The van der Waals surface area contributed by atoms with Crippen molar-refractivity contribution in [2.45, 2.75) is 6.42 Å². The molecule has 0 saturated heterocycles. The second-order valence-electron chi connectivity index (χ2n) is 5.27. The van der Waals surface area contributed by atoms with E-state index in [9.17, 15) is 9.59 Å². The molecule has 0 fully saturated rings. The first-order valence-corrected chi connectivity index (χ1v) is 8.85. The third-order valence-electron chi connectivity index (χ3n) is 3.40. The number of methoxy groups -OCH3 is 2. The van der Waals surface area contributed by atoms with Crippen molar-refractivity contribution in [1.82, 2.24) is 5.32 Å². The minimum Gasteiger partial charge on any atom is -0.497 e. The Hall–Kier alpha value is -2.80. The van der Waals surface area contributed by atoms with Crippen LogP contribution in [0.25, 0.3) is 6.08 Å². The summed E-state index contributed by atoms with van der Waals surface area (Å²) in [7, 11) is 3.10. The van der Waals surface area contributed by atoms with Crippen LogP contribution in [-0.4, -0.2) is 39.2 Å². The summed E-state index contributed by atoms with van der Waals surface area (Å²) in [5.41, 5.74) is 0.721. The number of ether oxygens (including phenoxy) is 3. The molecule has 1 heterocycles. The third kappa shape index (κ3) is 6.60. The van der Waals surface area contributed by atoms with Crippen LogP contribution in [0.1, 0.15) is 10.4 Å². The Labute approximate surface area is 156 Å². The van der Waals surface area contributed by atoms with E-state index in [0.717, 1.165) is 12.0 Å². The molecule has 0 aliphatic rings. The fourth-order valence-electron chi connectivity index (χ4n) is 2.11. The van der Waals surface area contributed by atoms with Crippen molar-refractivity contribution in [1.29, 1.82) is 0 Å². The Morgan fingerprint density at radius 3 is 2.50 bits per heavy atom. The van der Waals surface area contributed by atoms with Gasteiger partial charge in [0, 0.05) is 23.6 Å². The summed E-state index contributed by atoms with van der Waals surface area (Å²) in [6.07, 6.45) is 3.59. The van der Waals surface area contributed by atoms with Crippen LogP contribution in [-0.2, 0) is 20.7 Å². The van der Waals surface area contributed by atoms with Gasteiger partial charge >= 0.3 is 5.97 Å². The summed E-state index contributed by atoms with van der Waals surface area (Å²) < 4.78 is 15.3. The molecule has 0 unspecified atom stereocenters. The number of esters is 1. The molecule has 6 nitrogen and oxygen atoms in total. The Kier molecular flexibility index (Phi) is 7.70. The highest BCUT2D eigenvalue weighted by atomic mass is 32.1. The molecule has 0 aliphatic heterocycles. The lowest BCUT2D eigenvalue weighted by molar-refractivity contribution is -0.143. The predicted octanol–water partition coefficient (Wildman–Crippen LogP) is 2.68. The van der Waals surface area contributed by atoms with Gasteiger partial charge in [0.15, 0.2) is 6.61 Å². The van der Waals surface area contributed by atoms with E-state index in [0.29, 0.717) is 18.0 Å². The Balaban J connectivity index is 1.75. The van der Waals surface area contributed by atoms with E-state index in [1.807, 2.05) is 17.5 Å². The largest absolute Gasteiger partial charge is 0.497 e. The fraction of sp³-hybridized carbons (Fsp3) is 0.263. The van der Waals surface area contributed by atoms with E-state index in [1.165, 1.54) is 11.0 Å². The summed E-state index contributed by atoms with van der Waals surface area (Å²) in [4.78, 5) is 24.6. The molecule has 0 bridgehead atoms. The third-order valence-corrected chi connectivity index (χ3v) is 4.34. The Morgan fingerprint density at radius 2 is 1.88 bits per heavy atom. The second kappa shape index (κ2) is 10.2. The molecule has 0 atom stereocenters. The zero-order valence-electron chi connectivity index (χ0n) is 14.7. The van der Waals surface area contributed by atoms with E-state index in [4.69, 9.17) is 14.2 Å². The minimum atomic E-state index is -0.597. The highest BCUT2D eigenvalue weighted by Crippen LogP contribution is 2.23. The number of thiophene rings is 1. The highest BCUT2D eigenvalue weighted by molar-refractivity contribution is 7.09.